The van der Waals surface area contributed by atoms with Crippen molar-refractivity contribution in [2.45, 2.75) is 5.16 Å². The van der Waals surface area contributed by atoms with E-state index in [-0.39, 0.29) is 17.1 Å². The molecule has 33 heavy (non-hydrogen) atoms. The Morgan fingerprint density at radius 1 is 1.03 bits per heavy atom. The second-order valence-electron chi connectivity index (χ2n) is 6.79. The van der Waals surface area contributed by atoms with E-state index in [1.54, 1.807) is 19.2 Å². The summed E-state index contributed by atoms with van der Waals surface area (Å²) in [6.07, 6.45) is 0. The van der Waals surface area contributed by atoms with Gasteiger partial charge in [-0.15, -0.1) is 10.2 Å². The molecule has 4 aromatic rings. The zero-order chi connectivity index (χ0) is 23.2. The fourth-order valence-corrected chi connectivity index (χ4v) is 3.98. The number of rotatable bonds is 8. The van der Waals surface area contributed by atoms with Gasteiger partial charge in [-0.25, -0.2) is 0 Å². The maximum atomic E-state index is 12.6. The van der Waals surface area contributed by atoms with Gasteiger partial charge in [0.05, 0.1) is 23.3 Å². The van der Waals surface area contributed by atoms with E-state index in [2.05, 4.69) is 15.5 Å². The standard InChI is InChI=1S/C23H19N5O4S/c1-32-20-14-8-5-11-17(20)22-25-26-23(27(22)16-9-3-2-4-10-16)33-15-21(29)24-18-12-6-7-13-19(18)28(30)31/h2-14H,15H2,1H3,(H,24,29). The largest absolute Gasteiger partial charge is 0.496 e. The maximum absolute atomic E-state index is 12.6. The molecule has 0 bridgehead atoms. The van der Waals surface area contributed by atoms with Gasteiger partial charge in [0, 0.05) is 11.8 Å². The van der Waals surface area contributed by atoms with E-state index in [0.29, 0.717) is 16.7 Å². The molecule has 0 spiro atoms. The predicted molar refractivity (Wildman–Crippen MR) is 126 cm³/mol. The normalized spacial score (nSPS) is 10.6. The summed E-state index contributed by atoms with van der Waals surface area (Å²) in [7, 11) is 1.59. The second-order valence-corrected chi connectivity index (χ2v) is 7.73. The molecule has 0 aliphatic heterocycles. The molecule has 0 aliphatic rings. The minimum atomic E-state index is -0.533. The number of para-hydroxylation sites is 4. The number of aromatic nitrogens is 3. The third kappa shape index (κ3) is 4.85. The fourth-order valence-electron chi connectivity index (χ4n) is 3.23. The number of methoxy groups -OCH3 is 1. The smallest absolute Gasteiger partial charge is 0.292 e. The molecule has 0 atom stereocenters. The number of ether oxygens (including phenoxy) is 1. The van der Waals surface area contributed by atoms with Gasteiger partial charge in [-0.05, 0) is 30.3 Å². The summed E-state index contributed by atoms with van der Waals surface area (Å²) in [6.45, 7) is 0. The highest BCUT2D eigenvalue weighted by molar-refractivity contribution is 7.99. The van der Waals surface area contributed by atoms with Crippen LogP contribution in [0.1, 0.15) is 0 Å². The number of nitro groups is 1. The van der Waals surface area contributed by atoms with Gasteiger partial charge in [0.1, 0.15) is 11.4 Å². The number of amides is 1. The number of nitrogens with zero attached hydrogens (tertiary/aromatic N) is 4. The van der Waals surface area contributed by atoms with Gasteiger partial charge >= 0.3 is 0 Å². The van der Waals surface area contributed by atoms with E-state index in [1.165, 1.54) is 23.9 Å². The topological polar surface area (TPSA) is 112 Å². The second kappa shape index (κ2) is 9.96. The van der Waals surface area contributed by atoms with Crippen LogP contribution in [0.2, 0.25) is 0 Å². The van der Waals surface area contributed by atoms with Crippen molar-refractivity contribution in [3.05, 3.63) is 89.0 Å². The van der Waals surface area contributed by atoms with Gasteiger partial charge in [-0.1, -0.05) is 54.2 Å². The molecule has 0 aliphatic carbocycles. The molecule has 0 saturated carbocycles. The number of thioether (sulfide) groups is 1. The van der Waals surface area contributed by atoms with Crippen LogP contribution in [0.3, 0.4) is 0 Å². The monoisotopic (exact) mass is 461 g/mol. The number of hydrogen-bond donors (Lipinski definition) is 1. The molecule has 9 nitrogen and oxygen atoms in total. The summed E-state index contributed by atoms with van der Waals surface area (Å²) in [5.41, 5.74) is 1.56. The number of carbonyl (C=O) groups is 1. The molecule has 0 unspecified atom stereocenters. The lowest BCUT2D eigenvalue weighted by atomic mass is 10.2. The van der Waals surface area contributed by atoms with Crippen LogP contribution < -0.4 is 10.1 Å². The molecule has 166 valence electrons. The SMILES string of the molecule is COc1ccccc1-c1nnc(SCC(=O)Nc2ccccc2[N+](=O)[O-])n1-c1ccccc1. The molecule has 0 saturated heterocycles. The number of nitro benzene ring substituents is 1. The lowest BCUT2D eigenvalue weighted by Gasteiger charge is -2.12. The van der Waals surface area contributed by atoms with Crippen molar-refractivity contribution in [3.63, 3.8) is 0 Å². The molecular formula is C23H19N5O4S. The summed E-state index contributed by atoms with van der Waals surface area (Å²) < 4.78 is 7.34. The van der Waals surface area contributed by atoms with Gasteiger partial charge in [-0.2, -0.15) is 0 Å². The van der Waals surface area contributed by atoms with Crippen molar-refractivity contribution in [2.75, 3.05) is 18.2 Å². The molecule has 0 radical (unpaired) electrons. The number of benzene rings is 3. The van der Waals surface area contributed by atoms with Crippen LogP contribution >= 0.6 is 11.8 Å². The van der Waals surface area contributed by atoms with Gasteiger partial charge in [0.15, 0.2) is 11.0 Å². The lowest BCUT2D eigenvalue weighted by Crippen LogP contribution is -2.15. The Morgan fingerprint density at radius 2 is 1.73 bits per heavy atom. The lowest BCUT2D eigenvalue weighted by molar-refractivity contribution is -0.383. The fraction of sp³-hybridized carbons (Fsp3) is 0.0870. The zero-order valence-corrected chi connectivity index (χ0v) is 18.4. The van der Waals surface area contributed by atoms with Crippen LogP contribution in [0.5, 0.6) is 5.75 Å². The Hall–Kier alpha value is -4.18. The molecular weight excluding hydrogens is 442 g/mol. The minimum Gasteiger partial charge on any atom is -0.496 e. The van der Waals surface area contributed by atoms with Crippen LogP contribution in [-0.4, -0.2) is 38.5 Å². The van der Waals surface area contributed by atoms with Gasteiger partial charge in [0.25, 0.3) is 5.69 Å². The summed E-state index contributed by atoms with van der Waals surface area (Å²) >= 11 is 1.18. The highest BCUT2D eigenvalue weighted by Gasteiger charge is 2.20. The summed E-state index contributed by atoms with van der Waals surface area (Å²) in [5, 5.41) is 23.0. The first-order chi connectivity index (χ1) is 16.1. The van der Waals surface area contributed by atoms with Crippen LogP contribution in [0, 0.1) is 10.1 Å². The Morgan fingerprint density at radius 3 is 2.48 bits per heavy atom. The average Bonchev–Trinajstić information content (AvgIpc) is 3.27. The Bertz CT molecular complexity index is 1290. The first-order valence-electron chi connectivity index (χ1n) is 9.89. The van der Waals surface area contributed by atoms with Gasteiger partial charge in [0.2, 0.25) is 5.91 Å². The van der Waals surface area contributed by atoms with Crippen molar-refractivity contribution < 1.29 is 14.5 Å². The molecule has 3 aromatic carbocycles. The molecule has 10 heteroatoms. The number of carbonyl (C=O) groups excluding carboxylic acids is 1. The van der Waals surface area contributed by atoms with E-state index in [4.69, 9.17) is 4.74 Å². The first-order valence-corrected chi connectivity index (χ1v) is 10.9. The van der Waals surface area contributed by atoms with E-state index >= 15 is 0 Å². The van der Waals surface area contributed by atoms with Crippen LogP contribution in [0.25, 0.3) is 17.1 Å². The summed E-state index contributed by atoms with van der Waals surface area (Å²) in [6, 6.07) is 23.0. The average molecular weight is 462 g/mol. The Balaban J connectivity index is 1.62. The summed E-state index contributed by atoms with van der Waals surface area (Å²) in [5.74, 6) is 0.812. The van der Waals surface area contributed by atoms with Crippen molar-refractivity contribution in [1.29, 1.82) is 0 Å². The van der Waals surface area contributed by atoms with E-state index in [0.717, 1.165) is 11.3 Å². The number of anilines is 1. The molecule has 1 aromatic heterocycles. The third-order valence-electron chi connectivity index (χ3n) is 4.70. The van der Waals surface area contributed by atoms with Crippen molar-refractivity contribution >= 4 is 29.0 Å². The number of hydrogen-bond acceptors (Lipinski definition) is 7. The minimum absolute atomic E-state index is 0.0110. The van der Waals surface area contributed by atoms with E-state index < -0.39 is 10.8 Å². The van der Waals surface area contributed by atoms with Gasteiger partial charge in [-0.3, -0.25) is 19.5 Å². The summed E-state index contributed by atoms with van der Waals surface area (Å²) in [4.78, 5) is 23.2. The van der Waals surface area contributed by atoms with Gasteiger partial charge < -0.3 is 10.1 Å². The molecule has 1 amide bonds. The molecule has 4 rings (SSSR count). The highest BCUT2D eigenvalue weighted by Crippen LogP contribution is 2.33. The first kappa shape index (κ1) is 22.0. The molecule has 1 N–H and O–H groups in total. The molecule has 0 fully saturated rings. The van der Waals surface area contributed by atoms with E-state index in [1.807, 2.05) is 59.2 Å². The predicted octanol–water partition coefficient (Wildman–Crippen LogP) is 4.58. The maximum Gasteiger partial charge on any atom is 0.292 e. The number of nitrogens with one attached hydrogen (secondary N) is 1. The Kier molecular flexibility index (Phi) is 6.65. The van der Waals surface area contributed by atoms with Crippen molar-refractivity contribution in [3.8, 4) is 22.8 Å². The van der Waals surface area contributed by atoms with Crippen LogP contribution in [-0.2, 0) is 4.79 Å². The van der Waals surface area contributed by atoms with Crippen LogP contribution in [0.15, 0.2) is 84.0 Å². The van der Waals surface area contributed by atoms with Crippen molar-refractivity contribution in [2.24, 2.45) is 0 Å². The highest BCUT2D eigenvalue weighted by atomic mass is 32.2. The van der Waals surface area contributed by atoms with Crippen molar-refractivity contribution in [1.82, 2.24) is 14.8 Å². The Labute approximate surface area is 193 Å². The molecule has 1 heterocycles. The third-order valence-corrected chi connectivity index (χ3v) is 5.63. The quantitative estimate of drug-likeness (QED) is 0.232. The van der Waals surface area contributed by atoms with Crippen LogP contribution in [0.4, 0.5) is 11.4 Å². The van der Waals surface area contributed by atoms with E-state index in [9.17, 15) is 14.9 Å². The zero-order valence-electron chi connectivity index (χ0n) is 17.5.